The zero-order chi connectivity index (χ0) is 12.2. The molecule has 1 aromatic rings. The summed E-state index contributed by atoms with van der Waals surface area (Å²) in [6, 6.07) is 4.81. The van der Waals surface area contributed by atoms with E-state index < -0.39 is 11.7 Å². The molecule has 0 aromatic heterocycles. The van der Waals surface area contributed by atoms with Crippen LogP contribution >= 0.6 is 0 Å². The van der Waals surface area contributed by atoms with Crippen LogP contribution in [0.2, 0.25) is 0 Å². The first-order valence-corrected chi connectivity index (χ1v) is 4.75. The number of hydrogen-bond acceptors (Lipinski definition) is 1. The smallest absolute Gasteiger partial charge is 0.294 e. The molecule has 0 saturated heterocycles. The van der Waals surface area contributed by atoms with Gasteiger partial charge >= 0.3 is 6.18 Å². The van der Waals surface area contributed by atoms with E-state index in [0.29, 0.717) is 5.56 Å². The summed E-state index contributed by atoms with van der Waals surface area (Å²) in [5.74, 6) is -0.207. The van der Waals surface area contributed by atoms with Crippen LogP contribution in [0.4, 0.5) is 13.2 Å². The van der Waals surface area contributed by atoms with Crippen LogP contribution in [0.15, 0.2) is 36.4 Å². The third-order valence-electron chi connectivity index (χ3n) is 1.99. The minimum absolute atomic E-state index is 0.00569. The molecule has 0 aliphatic carbocycles. The molecule has 0 bridgehead atoms. The fourth-order valence-corrected chi connectivity index (χ4v) is 1.30. The molecule has 0 atom stereocenters. The molecule has 0 aliphatic rings. The molecule has 1 aromatic carbocycles. The molecule has 4 heteroatoms. The van der Waals surface area contributed by atoms with E-state index in [1.165, 1.54) is 18.2 Å². The van der Waals surface area contributed by atoms with Crippen molar-refractivity contribution in [2.45, 2.75) is 19.5 Å². The van der Waals surface area contributed by atoms with Crippen LogP contribution in [0.3, 0.4) is 0 Å². The predicted octanol–water partition coefficient (Wildman–Crippen LogP) is 3.39. The van der Waals surface area contributed by atoms with Crippen LogP contribution in [0.25, 0.3) is 0 Å². The first-order chi connectivity index (χ1) is 7.43. The molecule has 0 saturated carbocycles. The van der Waals surface area contributed by atoms with E-state index in [0.717, 1.165) is 12.1 Å². The van der Waals surface area contributed by atoms with Crippen molar-refractivity contribution in [2.75, 3.05) is 0 Å². The largest absolute Gasteiger partial charge is 0.416 e. The van der Waals surface area contributed by atoms with Crippen LogP contribution < -0.4 is 0 Å². The number of hydrogen-bond donors (Lipinski definition) is 0. The highest BCUT2D eigenvalue weighted by Crippen LogP contribution is 2.29. The lowest BCUT2D eigenvalue weighted by Crippen LogP contribution is -2.06. The van der Waals surface area contributed by atoms with Gasteiger partial charge in [-0.05, 0) is 24.6 Å². The van der Waals surface area contributed by atoms with Crippen molar-refractivity contribution in [3.63, 3.8) is 0 Å². The summed E-state index contributed by atoms with van der Waals surface area (Å²) in [6.07, 6.45) is -1.45. The molecule has 0 spiro atoms. The summed E-state index contributed by atoms with van der Waals surface area (Å²) in [7, 11) is 0. The number of carbonyl (C=O) groups is 1. The van der Waals surface area contributed by atoms with Gasteiger partial charge in [0.15, 0.2) is 5.78 Å². The molecule has 1 nitrogen and oxygen atoms in total. The van der Waals surface area contributed by atoms with Crippen LogP contribution in [0.1, 0.15) is 18.1 Å². The van der Waals surface area contributed by atoms with Crippen LogP contribution in [0, 0.1) is 0 Å². The summed E-state index contributed by atoms with van der Waals surface area (Å²) in [5, 5.41) is 0. The van der Waals surface area contributed by atoms with E-state index in [1.807, 2.05) is 0 Å². The highest BCUT2D eigenvalue weighted by Gasteiger charge is 2.30. The number of carbonyl (C=O) groups excluding carboxylic acids is 1. The molecule has 0 radical (unpaired) electrons. The van der Waals surface area contributed by atoms with E-state index in [4.69, 9.17) is 0 Å². The second-order valence-electron chi connectivity index (χ2n) is 3.34. The number of rotatable bonds is 3. The maximum atomic E-state index is 12.4. The summed E-state index contributed by atoms with van der Waals surface area (Å²) in [6.45, 7) is 1.68. The standard InChI is InChI=1S/C12H11F3O/c1-2-4-11(16)8-9-5-3-6-10(7-9)12(13,14)15/h2-7H,8H2,1H3/b4-2+. The van der Waals surface area contributed by atoms with Crippen molar-refractivity contribution in [2.24, 2.45) is 0 Å². The molecule has 86 valence electrons. The van der Waals surface area contributed by atoms with Gasteiger partial charge in [-0.15, -0.1) is 0 Å². The number of ketones is 1. The van der Waals surface area contributed by atoms with E-state index >= 15 is 0 Å². The molecule has 0 fully saturated rings. The Morgan fingerprint density at radius 3 is 2.62 bits per heavy atom. The van der Waals surface area contributed by atoms with E-state index in [-0.39, 0.29) is 12.2 Å². The molecular formula is C12H11F3O. The molecule has 0 amide bonds. The van der Waals surface area contributed by atoms with E-state index in [2.05, 4.69) is 0 Å². The molecule has 1 rings (SSSR count). The summed E-state index contributed by atoms with van der Waals surface area (Å²) < 4.78 is 37.1. The predicted molar refractivity (Wildman–Crippen MR) is 55.0 cm³/mol. The van der Waals surface area contributed by atoms with Crippen molar-refractivity contribution in [3.8, 4) is 0 Å². The van der Waals surface area contributed by atoms with Gasteiger partial charge in [0.1, 0.15) is 0 Å². The van der Waals surface area contributed by atoms with Gasteiger partial charge in [-0.3, -0.25) is 4.79 Å². The van der Waals surface area contributed by atoms with Gasteiger partial charge in [-0.2, -0.15) is 13.2 Å². The summed E-state index contributed by atoms with van der Waals surface area (Å²) in [4.78, 5) is 11.2. The van der Waals surface area contributed by atoms with Crippen LogP contribution in [0.5, 0.6) is 0 Å². The fourth-order valence-electron chi connectivity index (χ4n) is 1.30. The quantitative estimate of drug-likeness (QED) is 0.725. The third-order valence-corrected chi connectivity index (χ3v) is 1.99. The van der Waals surface area contributed by atoms with Gasteiger partial charge in [0.05, 0.1) is 5.56 Å². The van der Waals surface area contributed by atoms with Gasteiger partial charge in [0.2, 0.25) is 0 Å². The monoisotopic (exact) mass is 228 g/mol. The van der Waals surface area contributed by atoms with Gasteiger partial charge in [0, 0.05) is 6.42 Å². The van der Waals surface area contributed by atoms with Crippen molar-refractivity contribution in [1.82, 2.24) is 0 Å². The van der Waals surface area contributed by atoms with Crippen LogP contribution in [-0.2, 0) is 17.4 Å². The Bertz CT molecular complexity index is 405. The first-order valence-electron chi connectivity index (χ1n) is 4.75. The number of halogens is 3. The van der Waals surface area contributed by atoms with Gasteiger partial charge < -0.3 is 0 Å². The SMILES string of the molecule is C/C=C/C(=O)Cc1cccc(C(F)(F)F)c1. The maximum absolute atomic E-state index is 12.4. The molecule has 0 aliphatic heterocycles. The Hall–Kier alpha value is -1.58. The molecule has 0 heterocycles. The maximum Gasteiger partial charge on any atom is 0.416 e. The Kier molecular flexibility index (Phi) is 3.88. The lowest BCUT2D eigenvalue weighted by atomic mass is 10.1. The second-order valence-corrected chi connectivity index (χ2v) is 3.34. The fraction of sp³-hybridized carbons (Fsp3) is 0.250. The van der Waals surface area contributed by atoms with Crippen molar-refractivity contribution < 1.29 is 18.0 Å². The average molecular weight is 228 g/mol. The first kappa shape index (κ1) is 12.5. The van der Waals surface area contributed by atoms with Crippen LogP contribution in [-0.4, -0.2) is 5.78 Å². The summed E-state index contributed by atoms with van der Waals surface area (Å²) in [5.41, 5.74) is -0.351. The topological polar surface area (TPSA) is 17.1 Å². The molecule has 0 unspecified atom stereocenters. The van der Waals surface area contributed by atoms with Gasteiger partial charge in [0.25, 0.3) is 0 Å². The average Bonchev–Trinajstić information content (AvgIpc) is 2.17. The van der Waals surface area contributed by atoms with Gasteiger partial charge in [-0.1, -0.05) is 24.3 Å². The Labute approximate surface area is 91.6 Å². The number of alkyl halides is 3. The molecule has 16 heavy (non-hydrogen) atoms. The van der Waals surface area contributed by atoms with Crippen molar-refractivity contribution in [1.29, 1.82) is 0 Å². The Balaban J connectivity index is 2.87. The van der Waals surface area contributed by atoms with Crippen molar-refractivity contribution >= 4 is 5.78 Å². The third kappa shape index (κ3) is 3.53. The number of allylic oxidation sites excluding steroid dienone is 2. The summed E-state index contributed by atoms with van der Waals surface area (Å²) >= 11 is 0. The van der Waals surface area contributed by atoms with E-state index in [1.54, 1.807) is 13.0 Å². The Morgan fingerprint density at radius 2 is 2.06 bits per heavy atom. The lowest BCUT2D eigenvalue weighted by Gasteiger charge is -2.07. The normalized spacial score (nSPS) is 12.0. The second kappa shape index (κ2) is 4.96. The number of benzene rings is 1. The van der Waals surface area contributed by atoms with Gasteiger partial charge in [-0.25, -0.2) is 0 Å². The zero-order valence-corrected chi connectivity index (χ0v) is 8.71. The highest BCUT2D eigenvalue weighted by molar-refractivity contribution is 5.91. The molecule has 0 N–H and O–H groups in total. The highest BCUT2D eigenvalue weighted by atomic mass is 19.4. The molecular weight excluding hydrogens is 217 g/mol. The minimum atomic E-state index is -4.36. The minimum Gasteiger partial charge on any atom is -0.294 e. The lowest BCUT2D eigenvalue weighted by molar-refractivity contribution is -0.137. The Morgan fingerprint density at radius 1 is 1.38 bits per heavy atom. The van der Waals surface area contributed by atoms with Crippen molar-refractivity contribution in [3.05, 3.63) is 47.5 Å². The zero-order valence-electron chi connectivity index (χ0n) is 8.71. The van der Waals surface area contributed by atoms with E-state index in [9.17, 15) is 18.0 Å².